The lowest BCUT2D eigenvalue weighted by molar-refractivity contribution is 0.0584. The van der Waals surface area contributed by atoms with Crippen LogP contribution in [-0.2, 0) is 11.2 Å². The molecule has 5 rings (SSSR count). The Kier molecular flexibility index (Phi) is 6.24. The van der Waals surface area contributed by atoms with Gasteiger partial charge in [0.15, 0.2) is 11.6 Å². The molecule has 0 spiro atoms. The van der Waals surface area contributed by atoms with E-state index in [1.165, 1.54) is 30.0 Å². The summed E-state index contributed by atoms with van der Waals surface area (Å²) in [4.78, 5) is 18.1. The second-order valence-electron chi connectivity index (χ2n) is 8.43. The molecule has 1 aromatic heterocycles. The van der Waals surface area contributed by atoms with Crippen molar-refractivity contribution in [3.8, 4) is 11.4 Å². The number of aliphatic hydroxyl groups excluding tert-OH is 1. The van der Waals surface area contributed by atoms with Gasteiger partial charge in [-0.05, 0) is 42.7 Å². The van der Waals surface area contributed by atoms with Crippen LogP contribution in [0.2, 0.25) is 10.0 Å². The average molecular weight is 506 g/mol. The minimum Gasteiger partial charge on any atom is -0.481 e. The number of likely N-dealkylation sites (tertiary alicyclic amines) is 1. The molecule has 2 aliphatic rings. The van der Waals surface area contributed by atoms with Crippen molar-refractivity contribution in [1.82, 2.24) is 14.5 Å². The van der Waals surface area contributed by atoms with Gasteiger partial charge in [0, 0.05) is 47.2 Å². The van der Waals surface area contributed by atoms with E-state index in [1.54, 1.807) is 24.4 Å². The first kappa shape index (κ1) is 23.1. The molecule has 3 aromatic rings. The SMILES string of the molecule is COC(=O)c1nccn1-c1ccc(O[C@H]2c3cc(Cl)cc(Cl)c3C[C@@H]2N2CCC(O)C2)c(F)c1. The van der Waals surface area contributed by atoms with Crippen LogP contribution in [0, 0.1) is 5.82 Å². The number of esters is 1. The first-order valence-corrected chi connectivity index (χ1v) is 11.6. The van der Waals surface area contributed by atoms with Crippen LogP contribution in [0.5, 0.6) is 5.75 Å². The molecule has 0 radical (unpaired) electrons. The Morgan fingerprint density at radius 2 is 2.09 bits per heavy atom. The number of aromatic nitrogens is 2. The van der Waals surface area contributed by atoms with E-state index < -0.39 is 24.0 Å². The normalized spacial score (nSPS) is 22.1. The van der Waals surface area contributed by atoms with Gasteiger partial charge in [-0.3, -0.25) is 9.47 Å². The molecule has 1 N–H and O–H groups in total. The summed E-state index contributed by atoms with van der Waals surface area (Å²) in [5.74, 6) is -1.12. The average Bonchev–Trinajstić information content (AvgIpc) is 3.53. The number of ether oxygens (including phenoxy) is 2. The Balaban J connectivity index is 1.47. The summed E-state index contributed by atoms with van der Waals surface area (Å²) in [6.07, 6.45) is 3.35. The van der Waals surface area contributed by atoms with Crippen molar-refractivity contribution in [3.63, 3.8) is 0 Å². The van der Waals surface area contributed by atoms with Crippen LogP contribution < -0.4 is 4.74 Å². The maximum atomic E-state index is 15.2. The predicted molar refractivity (Wildman–Crippen MR) is 124 cm³/mol. The van der Waals surface area contributed by atoms with E-state index in [9.17, 15) is 9.90 Å². The molecule has 178 valence electrons. The van der Waals surface area contributed by atoms with Gasteiger partial charge in [-0.15, -0.1) is 0 Å². The van der Waals surface area contributed by atoms with Crippen LogP contribution in [-0.4, -0.2) is 57.9 Å². The Morgan fingerprint density at radius 1 is 1.26 bits per heavy atom. The van der Waals surface area contributed by atoms with Gasteiger partial charge in [-0.1, -0.05) is 23.2 Å². The summed E-state index contributed by atoms with van der Waals surface area (Å²) >= 11 is 12.8. The zero-order valence-electron chi connectivity index (χ0n) is 18.2. The lowest BCUT2D eigenvalue weighted by Gasteiger charge is -2.30. The number of β-amino-alcohol motifs (C(OH)–C–C–N with tert-alkyl or cyclic N) is 1. The first-order valence-electron chi connectivity index (χ1n) is 10.8. The third-order valence-electron chi connectivity index (χ3n) is 6.38. The number of carbonyl (C=O) groups excluding carboxylic acids is 1. The fourth-order valence-electron chi connectivity index (χ4n) is 4.77. The largest absolute Gasteiger partial charge is 0.481 e. The Bertz CT molecular complexity index is 1250. The van der Waals surface area contributed by atoms with E-state index in [1.807, 2.05) is 0 Å². The van der Waals surface area contributed by atoms with Crippen LogP contribution in [0.3, 0.4) is 0 Å². The number of hydrogen-bond acceptors (Lipinski definition) is 6. The van der Waals surface area contributed by atoms with Gasteiger partial charge < -0.3 is 14.6 Å². The molecule has 0 bridgehead atoms. The zero-order chi connectivity index (χ0) is 24.0. The van der Waals surface area contributed by atoms with Crippen LogP contribution >= 0.6 is 23.2 Å². The molecule has 1 aliphatic carbocycles. The standard InChI is InChI=1S/C24H22Cl2FN3O4/c1-33-24(32)23-28-5-7-30(23)14-2-3-21(19(27)10-14)34-22-17-8-13(25)9-18(26)16(17)11-20(22)29-6-4-15(31)12-29/h2-3,5,7-10,15,20,22,31H,4,6,11-12H2,1H3/t15?,20-,22-/m0/s1. The molecule has 1 fully saturated rings. The lowest BCUT2D eigenvalue weighted by Crippen LogP contribution is -2.39. The van der Waals surface area contributed by atoms with Crippen LogP contribution in [0.15, 0.2) is 42.7 Å². The molecule has 2 aromatic carbocycles. The highest BCUT2D eigenvalue weighted by molar-refractivity contribution is 6.35. The van der Waals surface area contributed by atoms with Gasteiger partial charge in [0.2, 0.25) is 5.82 Å². The Labute approximate surface area is 205 Å². The summed E-state index contributed by atoms with van der Waals surface area (Å²) < 4.78 is 27.6. The van der Waals surface area contributed by atoms with E-state index in [4.69, 9.17) is 32.7 Å². The number of nitrogens with zero attached hydrogens (tertiary/aromatic N) is 3. The third-order valence-corrected chi connectivity index (χ3v) is 6.94. The Morgan fingerprint density at radius 3 is 2.79 bits per heavy atom. The minimum atomic E-state index is -0.627. The fraction of sp³-hybridized carbons (Fsp3) is 0.333. The predicted octanol–water partition coefficient (Wildman–Crippen LogP) is 4.22. The summed E-state index contributed by atoms with van der Waals surface area (Å²) in [5, 5.41) is 11.1. The van der Waals surface area contributed by atoms with E-state index in [2.05, 4.69) is 9.88 Å². The molecule has 1 saturated heterocycles. The molecule has 0 amide bonds. The summed E-state index contributed by atoms with van der Waals surface area (Å²) in [5.41, 5.74) is 2.13. The van der Waals surface area contributed by atoms with E-state index in [0.29, 0.717) is 41.7 Å². The number of aliphatic hydroxyl groups is 1. The fourth-order valence-corrected chi connectivity index (χ4v) is 5.36. The van der Waals surface area contributed by atoms with Gasteiger partial charge >= 0.3 is 5.97 Å². The molecule has 34 heavy (non-hydrogen) atoms. The highest BCUT2D eigenvalue weighted by atomic mass is 35.5. The number of benzene rings is 2. The van der Waals surface area contributed by atoms with Crippen LogP contribution in [0.25, 0.3) is 5.69 Å². The monoisotopic (exact) mass is 505 g/mol. The van der Waals surface area contributed by atoms with Crippen molar-refractivity contribution in [2.75, 3.05) is 20.2 Å². The van der Waals surface area contributed by atoms with Crippen LogP contribution in [0.1, 0.15) is 34.3 Å². The number of methoxy groups -OCH3 is 1. The smallest absolute Gasteiger partial charge is 0.374 e. The number of hydrogen-bond donors (Lipinski definition) is 1. The highest BCUT2D eigenvalue weighted by Crippen LogP contribution is 2.43. The van der Waals surface area contributed by atoms with Crippen molar-refractivity contribution in [1.29, 1.82) is 0 Å². The minimum absolute atomic E-state index is 0.0391. The second-order valence-corrected chi connectivity index (χ2v) is 9.27. The van der Waals surface area contributed by atoms with Crippen molar-refractivity contribution in [2.45, 2.75) is 31.1 Å². The van der Waals surface area contributed by atoms with Gasteiger partial charge in [0.05, 0.1) is 24.9 Å². The molecule has 3 atom stereocenters. The quantitative estimate of drug-likeness (QED) is 0.523. The molecular formula is C24H22Cl2FN3O4. The molecular weight excluding hydrogens is 484 g/mol. The summed E-state index contributed by atoms with van der Waals surface area (Å²) in [7, 11) is 1.26. The highest BCUT2D eigenvalue weighted by Gasteiger charge is 2.42. The van der Waals surface area contributed by atoms with E-state index in [-0.39, 0.29) is 17.6 Å². The molecule has 2 heterocycles. The summed E-state index contributed by atoms with van der Waals surface area (Å²) in [6, 6.07) is 7.81. The topological polar surface area (TPSA) is 76.8 Å². The number of rotatable bonds is 5. The van der Waals surface area contributed by atoms with Crippen molar-refractivity contribution in [3.05, 3.63) is 75.5 Å². The summed E-state index contributed by atoms with van der Waals surface area (Å²) in [6.45, 7) is 1.23. The first-order chi connectivity index (χ1) is 16.4. The van der Waals surface area contributed by atoms with Crippen molar-refractivity contribution in [2.24, 2.45) is 0 Å². The van der Waals surface area contributed by atoms with Gasteiger partial charge in [-0.2, -0.15) is 0 Å². The van der Waals surface area contributed by atoms with Crippen LogP contribution in [0.4, 0.5) is 4.39 Å². The van der Waals surface area contributed by atoms with Gasteiger partial charge in [-0.25, -0.2) is 14.2 Å². The number of imidazole rings is 1. The van der Waals surface area contributed by atoms with Crippen molar-refractivity contribution < 1.29 is 23.8 Å². The third kappa shape index (κ3) is 4.15. The maximum absolute atomic E-state index is 15.2. The molecule has 10 heteroatoms. The number of fused-ring (bicyclic) bond motifs is 1. The number of carbonyl (C=O) groups is 1. The second kappa shape index (κ2) is 9.19. The van der Waals surface area contributed by atoms with E-state index in [0.717, 1.165) is 11.1 Å². The number of halogens is 3. The molecule has 1 aliphatic heterocycles. The van der Waals surface area contributed by atoms with E-state index >= 15 is 4.39 Å². The molecule has 0 saturated carbocycles. The molecule has 1 unspecified atom stereocenters. The van der Waals surface area contributed by atoms with Gasteiger partial charge in [0.1, 0.15) is 6.10 Å². The maximum Gasteiger partial charge on any atom is 0.374 e. The lowest BCUT2D eigenvalue weighted by atomic mass is 10.1. The zero-order valence-corrected chi connectivity index (χ0v) is 19.8. The van der Waals surface area contributed by atoms with Gasteiger partial charge in [0.25, 0.3) is 0 Å². The van der Waals surface area contributed by atoms with Crippen molar-refractivity contribution >= 4 is 29.2 Å². The Hall–Kier alpha value is -2.65. The molecule has 7 nitrogen and oxygen atoms in total.